The second-order valence-corrected chi connectivity index (χ2v) is 2.80. The van der Waals surface area contributed by atoms with Crippen molar-refractivity contribution in [2.45, 2.75) is 13.8 Å². The maximum Gasteiger partial charge on any atom is 0.260 e. The molecule has 0 saturated heterocycles. The fourth-order valence-electron chi connectivity index (χ4n) is 0.973. The van der Waals surface area contributed by atoms with E-state index in [1.807, 2.05) is 0 Å². The predicted octanol–water partition coefficient (Wildman–Crippen LogP) is 0.0617. The molecule has 1 rings (SSSR count). The van der Waals surface area contributed by atoms with Crippen LogP contribution < -0.4 is 17.0 Å². The van der Waals surface area contributed by atoms with Gasteiger partial charge in [-0.2, -0.15) is 0 Å². The molecular weight excluding hydrogens is 168 g/mol. The molecule has 0 bridgehead atoms. The Morgan fingerprint density at radius 2 is 2.15 bits per heavy atom. The third-order valence-corrected chi connectivity index (χ3v) is 1.85. The van der Waals surface area contributed by atoms with Crippen LogP contribution >= 0.6 is 0 Å². The van der Waals surface area contributed by atoms with Gasteiger partial charge in [-0.25, -0.2) is 4.98 Å². The van der Waals surface area contributed by atoms with Crippen LogP contribution in [-0.4, -0.2) is 9.97 Å². The second kappa shape index (κ2) is 3.30. The van der Waals surface area contributed by atoms with Crippen LogP contribution in [0.2, 0.25) is 0 Å². The van der Waals surface area contributed by atoms with Gasteiger partial charge in [0.2, 0.25) is 0 Å². The van der Waals surface area contributed by atoms with E-state index in [2.05, 4.69) is 9.97 Å². The molecule has 0 radical (unpaired) electrons. The van der Waals surface area contributed by atoms with Gasteiger partial charge < -0.3 is 16.5 Å². The molecule has 70 valence electrons. The Kier molecular flexibility index (Phi) is 2.36. The number of H-pyrrole nitrogens is 1. The summed E-state index contributed by atoms with van der Waals surface area (Å²) < 4.78 is 0. The molecule has 0 aromatic carbocycles. The monoisotopic (exact) mass is 180 g/mol. The minimum Gasteiger partial charge on any atom is -0.402 e. The highest BCUT2D eigenvalue weighted by atomic mass is 16.1. The van der Waals surface area contributed by atoms with E-state index in [1.165, 1.54) is 6.33 Å². The lowest BCUT2D eigenvalue weighted by Crippen LogP contribution is -2.16. The SMILES string of the molecule is C/C(N)=C(\C)c1c(N)nc[nH]c1=O. The summed E-state index contributed by atoms with van der Waals surface area (Å²) in [6.45, 7) is 3.44. The lowest BCUT2D eigenvalue weighted by Gasteiger charge is -2.04. The molecule has 0 fully saturated rings. The van der Waals surface area contributed by atoms with Crippen molar-refractivity contribution in [3.8, 4) is 0 Å². The zero-order valence-corrected chi connectivity index (χ0v) is 7.59. The van der Waals surface area contributed by atoms with Crippen LogP contribution in [0.25, 0.3) is 5.57 Å². The Balaban J connectivity index is 3.47. The second-order valence-electron chi connectivity index (χ2n) is 2.80. The molecule has 1 heterocycles. The van der Waals surface area contributed by atoms with Gasteiger partial charge in [0.05, 0.1) is 11.9 Å². The highest BCUT2D eigenvalue weighted by Crippen LogP contribution is 2.15. The number of rotatable bonds is 1. The minimum atomic E-state index is -0.269. The first-order valence-electron chi connectivity index (χ1n) is 3.80. The summed E-state index contributed by atoms with van der Waals surface area (Å²) in [6.07, 6.45) is 1.26. The van der Waals surface area contributed by atoms with E-state index in [9.17, 15) is 4.79 Å². The van der Waals surface area contributed by atoms with Gasteiger partial charge in [0.25, 0.3) is 5.56 Å². The van der Waals surface area contributed by atoms with Gasteiger partial charge in [0, 0.05) is 5.70 Å². The van der Waals surface area contributed by atoms with Gasteiger partial charge in [-0.05, 0) is 19.4 Å². The number of nitrogens with zero attached hydrogens (tertiary/aromatic N) is 1. The lowest BCUT2D eigenvalue weighted by atomic mass is 10.1. The zero-order valence-electron chi connectivity index (χ0n) is 7.59. The van der Waals surface area contributed by atoms with Crippen LogP contribution in [0.5, 0.6) is 0 Å². The number of nitrogen functional groups attached to an aromatic ring is 1. The number of anilines is 1. The van der Waals surface area contributed by atoms with Crippen molar-refractivity contribution < 1.29 is 0 Å². The molecule has 0 aliphatic heterocycles. The van der Waals surface area contributed by atoms with Crippen molar-refractivity contribution in [2.75, 3.05) is 5.73 Å². The first-order valence-corrected chi connectivity index (χ1v) is 3.80. The van der Waals surface area contributed by atoms with E-state index < -0.39 is 0 Å². The molecule has 0 spiro atoms. The Bertz CT molecular complexity index is 401. The van der Waals surface area contributed by atoms with Crippen LogP contribution in [0.15, 0.2) is 16.8 Å². The first-order chi connectivity index (χ1) is 6.04. The first kappa shape index (κ1) is 9.31. The van der Waals surface area contributed by atoms with E-state index >= 15 is 0 Å². The summed E-state index contributed by atoms with van der Waals surface area (Å²) in [5.74, 6) is 0.200. The smallest absolute Gasteiger partial charge is 0.260 e. The van der Waals surface area contributed by atoms with Crippen molar-refractivity contribution >= 4 is 11.4 Å². The van der Waals surface area contributed by atoms with Crippen LogP contribution in [0, 0.1) is 0 Å². The zero-order chi connectivity index (χ0) is 10.0. The average molecular weight is 180 g/mol. The number of hydrogen-bond acceptors (Lipinski definition) is 4. The Morgan fingerprint density at radius 3 is 2.62 bits per heavy atom. The number of nitrogens with one attached hydrogen (secondary N) is 1. The summed E-state index contributed by atoms with van der Waals surface area (Å²) in [5, 5.41) is 0. The molecule has 0 saturated carbocycles. The number of aromatic nitrogens is 2. The molecule has 0 amide bonds. The van der Waals surface area contributed by atoms with E-state index in [4.69, 9.17) is 11.5 Å². The average Bonchev–Trinajstić information content (AvgIpc) is 2.03. The van der Waals surface area contributed by atoms with Gasteiger partial charge in [0.15, 0.2) is 0 Å². The van der Waals surface area contributed by atoms with E-state index in [0.717, 1.165) is 0 Å². The Hall–Kier alpha value is -1.78. The number of aromatic amines is 1. The summed E-state index contributed by atoms with van der Waals surface area (Å²) in [4.78, 5) is 17.5. The third-order valence-electron chi connectivity index (χ3n) is 1.85. The molecular formula is C8H12N4O. The highest BCUT2D eigenvalue weighted by Gasteiger charge is 2.08. The minimum absolute atomic E-state index is 0.200. The standard InChI is InChI=1S/C8H12N4O/c1-4(5(2)9)6-7(10)11-3-12-8(6)13/h3H,9H2,1-2H3,(H3,10,11,12,13)/b5-4-. The van der Waals surface area contributed by atoms with Crippen molar-refractivity contribution in [1.29, 1.82) is 0 Å². The van der Waals surface area contributed by atoms with Crippen LogP contribution in [0.4, 0.5) is 5.82 Å². The molecule has 1 aromatic heterocycles. The van der Waals surface area contributed by atoms with Crippen molar-refractivity contribution in [3.05, 3.63) is 27.9 Å². The molecule has 5 nitrogen and oxygen atoms in total. The van der Waals surface area contributed by atoms with Gasteiger partial charge in [0.1, 0.15) is 5.82 Å². The molecule has 0 unspecified atom stereocenters. The molecule has 13 heavy (non-hydrogen) atoms. The number of allylic oxidation sites excluding steroid dienone is 2. The largest absolute Gasteiger partial charge is 0.402 e. The van der Waals surface area contributed by atoms with Crippen molar-refractivity contribution in [2.24, 2.45) is 5.73 Å². The van der Waals surface area contributed by atoms with Gasteiger partial charge >= 0.3 is 0 Å². The molecule has 0 atom stereocenters. The number of nitrogens with two attached hydrogens (primary N) is 2. The molecule has 5 N–H and O–H groups in total. The van der Waals surface area contributed by atoms with Crippen LogP contribution in [0.3, 0.4) is 0 Å². The summed E-state index contributed by atoms with van der Waals surface area (Å²) in [5.41, 5.74) is 12.4. The van der Waals surface area contributed by atoms with E-state index in [-0.39, 0.29) is 11.4 Å². The quantitative estimate of drug-likeness (QED) is 0.569. The molecule has 0 aliphatic rings. The van der Waals surface area contributed by atoms with Gasteiger partial charge in [-0.15, -0.1) is 0 Å². The van der Waals surface area contributed by atoms with Crippen molar-refractivity contribution in [1.82, 2.24) is 9.97 Å². The van der Waals surface area contributed by atoms with Crippen molar-refractivity contribution in [3.63, 3.8) is 0 Å². The highest BCUT2D eigenvalue weighted by molar-refractivity contribution is 5.72. The van der Waals surface area contributed by atoms with Gasteiger partial charge in [-0.3, -0.25) is 4.79 Å². The fraction of sp³-hybridized carbons (Fsp3) is 0.250. The van der Waals surface area contributed by atoms with E-state index in [0.29, 0.717) is 16.8 Å². The predicted molar refractivity (Wildman–Crippen MR) is 51.7 cm³/mol. The van der Waals surface area contributed by atoms with E-state index in [1.54, 1.807) is 13.8 Å². The summed E-state index contributed by atoms with van der Waals surface area (Å²) >= 11 is 0. The fourth-order valence-corrected chi connectivity index (χ4v) is 0.973. The third kappa shape index (κ3) is 1.69. The van der Waals surface area contributed by atoms with Crippen LogP contribution in [0.1, 0.15) is 19.4 Å². The van der Waals surface area contributed by atoms with Gasteiger partial charge in [-0.1, -0.05) is 0 Å². The topological polar surface area (TPSA) is 97.8 Å². The maximum atomic E-state index is 11.3. The Labute approximate surface area is 75.5 Å². The summed E-state index contributed by atoms with van der Waals surface area (Å²) in [6, 6.07) is 0. The maximum absolute atomic E-state index is 11.3. The normalized spacial score (nSPS) is 12.5. The Morgan fingerprint density at radius 1 is 1.54 bits per heavy atom. The molecule has 0 aliphatic carbocycles. The van der Waals surface area contributed by atoms with Crippen LogP contribution in [-0.2, 0) is 0 Å². The number of hydrogen-bond donors (Lipinski definition) is 3. The molecule has 5 heteroatoms. The summed E-state index contributed by atoms with van der Waals surface area (Å²) in [7, 11) is 0. The molecule has 1 aromatic rings. The lowest BCUT2D eigenvalue weighted by molar-refractivity contribution is 1.10.